The monoisotopic (exact) mass is 353 g/mol. The molecule has 2 rings (SSSR count). The van der Waals surface area contributed by atoms with Crippen molar-refractivity contribution < 1.29 is 27.2 Å². The van der Waals surface area contributed by atoms with E-state index in [-0.39, 0.29) is 6.42 Å². The number of hydrogen-bond donors (Lipinski definition) is 0. The number of aryl methyl sites for hydroxylation is 1. The van der Waals surface area contributed by atoms with Gasteiger partial charge >= 0.3 is 6.18 Å². The molecule has 0 fully saturated rings. The third kappa shape index (κ3) is 5.85. The lowest BCUT2D eigenvalue weighted by molar-refractivity contribution is -0.0888. The zero-order valence-electron chi connectivity index (χ0n) is 13.5. The second kappa shape index (κ2) is 8.60. The number of carbonyl (C=O) groups is 2. The second-order valence-corrected chi connectivity index (χ2v) is 5.69. The van der Waals surface area contributed by atoms with Gasteiger partial charge < -0.3 is 4.42 Å². The van der Waals surface area contributed by atoms with Crippen molar-refractivity contribution in [1.29, 1.82) is 0 Å². The standard InChI is InChI=1S/C18H18F3NO3/c19-18(20,21)16(24)14-12-25-17(22-14)15(23)11-7-2-1-4-8-13-9-5-3-6-10-13/h3,5-6,9-10,12H,1-2,4,7-8,11H2. The molecule has 2 aromatic rings. The van der Waals surface area contributed by atoms with Gasteiger partial charge in [-0.1, -0.05) is 43.2 Å². The Labute approximate surface area is 143 Å². The molecule has 0 bridgehead atoms. The number of halogens is 3. The molecule has 0 aliphatic heterocycles. The summed E-state index contributed by atoms with van der Waals surface area (Å²) in [6.07, 6.45) is 0.0149. The normalized spacial score (nSPS) is 11.5. The Hall–Kier alpha value is -2.44. The number of oxazole rings is 1. The fourth-order valence-corrected chi connectivity index (χ4v) is 2.37. The van der Waals surface area contributed by atoms with Gasteiger partial charge in [-0.25, -0.2) is 4.98 Å². The van der Waals surface area contributed by atoms with E-state index in [0.29, 0.717) is 12.7 Å². The van der Waals surface area contributed by atoms with Crippen molar-refractivity contribution >= 4 is 11.6 Å². The molecule has 1 aromatic heterocycles. The molecule has 134 valence electrons. The van der Waals surface area contributed by atoms with Gasteiger partial charge in [0.05, 0.1) is 0 Å². The summed E-state index contributed by atoms with van der Waals surface area (Å²) in [7, 11) is 0. The van der Waals surface area contributed by atoms with Crippen molar-refractivity contribution in [3.8, 4) is 0 Å². The molecule has 0 radical (unpaired) electrons. The molecule has 0 aliphatic rings. The largest absolute Gasteiger partial charge is 0.456 e. The summed E-state index contributed by atoms with van der Waals surface area (Å²) >= 11 is 0. The van der Waals surface area contributed by atoms with E-state index in [1.165, 1.54) is 5.56 Å². The predicted octanol–water partition coefficient (Wildman–Crippen LogP) is 4.80. The smallest absolute Gasteiger partial charge is 0.442 e. The highest BCUT2D eigenvalue weighted by molar-refractivity contribution is 5.99. The quantitative estimate of drug-likeness (QED) is 0.480. The highest BCUT2D eigenvalue weighted by atomic mass is 19.4. The van der Waals surface area contributed by atoms with Crippen LogP contribution in [0.2, 0.25) is 0 Å². The number of alkyl halides is 3. The molecule has 0 aliphatic carbocycles. The minimum absolute atomic E-state index is 0.130. The van der Waals surface area contributed by atoms with Gasteiger partial charge in [0, 0.05) is 6.42 Å². The van der Waals surface area contributed by atoms with Gasteiger partial charge in [-0.3, -0.25) is 9.59 Å². The number of rotatable bonds is 9. The summed E-state index contributed by atoms with van der Waals surface area (Å²) in [5.74, 6) is -3.06. The van der Waals surface area contributed by atoms with E-state index in [4.69, 9.17) is 4.42 Å². The molecule has 0 amide bonds. The molecule has 4 nitrogen and oxygen atoms in total. The zero-order chi connectivity index (χ0) is 18.3. The van der Waals surface area contributed by atoms with E-state index in [9.17, 15) is 22.8 Å². The highest BCUT2D eigenvalue weighted by Gasteiger charge is 2.41. The third-order valence-electron chi connectivity index (χ3n) is 3.69. The maximum absolute atomic E-state index is 12.3. The Kier molecular flexibility index (Phi) is 6.50. The average molecular weight is 353 g/mol. The summed E-state index contributed by atoms with van der Waals surface area (Å²) in [5, 5.41) is 0. The first kappa shape index (κ1) is 18.9. The Bertz CT molecular complexity index is 708. The molecular weight excluding hydrogens is 335 g/mol. The maximum atomic E-state index is 12.3. The summed E-state index contributed by atoms with van der Waals surface area (Å²) in [6.45, 7) is 0. The molecular formula is C18H18F3NO3. The van der Waals surface area contributed by atoms with Crippen LogP contribution in [0.1, 0.15) is 58.8 Å². The number of aromatic nitrogens is 1. The Morgan fingerprint density at radius 1 is 1.00 bits per heavy atom. The molecule has 1 aromatic carbocycles. The zero-order valence-corrected chi connectivity index (χ0v) is 13.5. The van der Waals surface area contributed by atoms with Gasteiger partial charge in [0.2, 0.25) is 5.78 Å². The summed E-state index contributed by atoms with van der Waals surface area (Å²) in [6, 6.07) is 10.1. The van der Waals surface area contributed by atoms with Gasteiger partial charge in [-0.2, -0.15) is 13.2 Å². The average Bonchev–Trinajstić information content (AvgIpc) is 3.07. The number of ketones is 2. The van der Waals surface area contributed by atoms with E-state index in [0.717, 1.165) is 25.7 Å². The first-order valence-corrected chi connectivity index (χ1v) is 8.02. The van der Waals surface area contributed by atoms with Gasteiger partial charge in [-0.15, -0.1) is 0 Å². The number of benzene rings is 1. The molecule has 25 heavy (non-hydrogen) atoms. The van der Waals surface area contributed by atoms with E-state index in [1.54, 1.807) is 0 Å². The fraction of sp³-hybridized carbons (Fsp3) is 0.389. The number of hydrogen-bond acceptors (Lipinski definition) is 4. The summed E-state index contributed by atoms with van der Waals surface area (Å²) in [4.78, 5) is 26.2. The van der Waals surface area contributed by atoms with E-state index in [2.05, 4.69) is 17.1 Å². The number of Topliss-reactive ketones (excluding diaryl/α,β-unsaturated/α-hetero) is 2. The lowest BCUT2D eigenvalue weighted by Gasteiger charge is -2.01. The van der Waals surface area contributed by atoms with Crippen LogP contribution in [0.25, 0.3) is 0 Å². The molecule has 0 saturated heterocycles. The number of carbonyl (C=O) groups excluding carboxylic acids is 2. The van der Waals surface area contributed by atoms with Crippen LogP contribution >= 0.6 is 0 Å². The van der Waals surface area contributed by atoms with E-state index < -0.39 is 29.3 Å². The van der Waals surface area contributed by atoms with Crippen molar-refractivity contribution in [3.63, 3.8) is 0 Å². The second-order valence-electron chi connectivity index (χ2n) is 5.69. The first-order valence-electron chi connectivity index (χ1n) is 8.02. The minimum atomic E-state index is -5.03. The van der Waals surface area contributed by atoms with Crippen molar-refractivity contribution in [1.82, 2.24) is 4.98 Å². The van der Waals surface area contributed by atoms with Crippen molar-refractivity contribution in [2.75, 3.05) is 0 Å². The Morgan fingerprint density at radius 2 is 1.68 bits per heavy atom. The fourth-order valence-electron chi connectivity index (χ4n) is 2.37. The summed E-state index contributed by atoms with van der Waals surface area (Å²) < 4.78 is 41.5. The van der Waals surface area contributed by atoms with Gasteiger partial charge in [-0.05, 0) is 24.8 Å². The van der Waals surface area contributed by atoms with E-state index >= 15 is 0 Å². The van der Waals surface area contributed by atoms with Crippen molar-refractivity contribution in [2.24, 2.45) is 0 Å². The molecule has 0 N–H and O–H groups in total. The number of nitrogens with zero attached hydrogens (tertiary/aromatic N) is 1. The predicted molar refractivity (Wildman–Crippen MR) is 84.5 cm³/mol. The molecule has 0 atom stereocenters. The van der Waals surface area contributed by atoms with Crippen molar-refractivity contribution in [3.05, 3.63) is 53.7 Å². The topological polar surface area (TPSA) is 60.2 Å². The minimum Gasteiger partial charge on any atom is -0.442 e. The lowest BCUT2D eigenvalue weighted by atomic mass is 10.0. The van der Waals surface area contributed by atoms with Crippen LogP contribution in [0, 0.1) is 0 Å². The Balaban J connectivity index is 1.69. The molecule has 0 spiro atoms. The first-order chi connectivity index (χ1) is 11.9. The van der Waals surface area contributed by atoms with Gasteiger partial charge in [0.15, 0.2) is 5.69 Å². The molecule has 0 unspecified atom stereocenters. The van der Waals surface area contributed by atoms with Crippen LogP contribution in [0.15, 0.2) is 41.0 Å². The lowest BCUT2D eigenvalue weighted by Crippen LogP contribution is -2.23. The number of unbranched alkanes of at least 4 members (excludes halogenated alkanes) is 3. The van der Waals surface area contributed by atoms with Crippen LogP contribution in [0.5, 0.6) is 0 Å². The van der Waals surface area contributed by atoms with Crippen LogP contribution in [0.3, 0.4) is 0 Å². The van der Waals surface area contributed by atoms with Crippen molar-refractivity contribution in [2.45, 2.75) is 44.7 Å². The summed E-state index contributed by atoms with van der Waals surface area (Å²) in [5.41, 5.74) is 0.374. The molecule has 1 heterocycles. The Morgan fingerprint density at radius 3 is 2.36 bits per heavy atom. The SMILES string of the molecule is O=C(CCCCCCc1ccccc1)c1nc(C(=O)C(F)(F)F)co1. The van der Waals surface area contributed by atoms with Gasteiger partial charge in [0.1, 0.15) is 6.26 Å². The molecule has 7 heteroatoms. The van der Waals surface area contributed by atoms with Gasteiger partial charge in [0.25, 0.3) is 11.7 Å². The van der Waals surface area contributed by atoms with Crippen LogP contribution in [-0.4, -0.2) is 22.7 Å². The highest BCUT2D eigenvalue weighted by Crippen LogP contribution is 2.21. The van der Waals surface area contributed by atoms with E-state index in [1.807, 2.05) is 18.2 Å². The van der Waals surface area contributed by atoms with Crippen LogP contribution in [0.4, 0.5) is 13.2 Å². The van der Waals surface area contributed by atoms with Crippen LogP contribution < -0.4 is 0 Å². The maximum Gasteiger partial charge on any atom is 0.456 e. The third-order valence-corrected chi connectivity index (χ3v) is 3.69. The van der Waals surface area contributed by atoms with Crippen LogP contribution in [-0.2, 0) is 6.42 Å². The molecule has 0 saturated carbocycles.